The number of hydrogen-bond acceptors (Lipinski definition) is 1. The molecule has 0 saturated heterocycles. The smallest absolute Gasteiger partial charge is 0.0469 e. The lowest BCUT2D eigenvalue weighted by Crippen LogP contribution is -2.22. The van der Waals surface area contributed by atoms with Crippen molar-refractivity contribution in [2.75, 3.05) is 13.2 Å². The zero-order valence-electron chi connectivity index (χ0n) is 31.6. The van der Waals surface area contributed by atoms with E-state index >= 15 is 0 Å². The van der Waals surface area contributed by atoms with Crippen molar-refractivity contribution in [2.45, 2.75) is 167 Å². The Morgan fingerprint density at radius 3 is 1.22 bits per heavy atom. The first-order valence-electron chi connectivity index (χ1n) is 21.3. The third-order valence-corrected chi connectivity index (χ3v) is 13.5. The summed E-state index contributed by atoms with van der Waals surface area (Å²) in [6.45, 7) is 6.43. The van der Waals surface area contributed by atoms with E-state index in [-0.39, 0.29) is 0 Å². The summed E-state index contributed by atoms with van der Waals surface area (Å²) in [5.41, 5.74) is 9.64. The first-order valence-corrected chi connectivity index (χ1v) is 21.3. The molecule has 2 atom stereocenters. The maximum absolute atomic E-state index is 6.12. The molecule has 0 spiro atoms. The summed E-state index contributed by atoms with van der Waals surface area (Å²) in [4.78, 5) is 0. The molecule has 4 aliphatic rings. The summed E-state index contributed by atoms with van der Waals surface area (Å²) in [7, 11) is 0. The molecule has 0 aromatic heterocycles. The fraction of sp³-hybridized carbons (Fsp3) is 0.667. The minimum absolute atomic E-state index is 0.799. The summed E-state index contributed by atoms with van der Waals surface area (Å²) in [5.74, 6) is 5.39. The van der Waals surface area contributed by atoms with E-state index in [2.05, 4.69) is 74.5 Å². The molecule has 268 valence electrons. The summed E-state index contributed by atoms with van der Waals surface area (Å²) in [6.07, 6.45) is 34.7. The van der Waals surface area contributed by atoms with Gasteiger partial charge in [0, 0.05) is 13.2 Å². The van der Waals surface area contributed by atoms with Gasteiger partial charge in [-0.1, -0.05) is 98.5 Å². The molecule has 0 N–H and O–H groups in total. The van der Waals surface area contributed by atoms with E-state index in [1.54, 1.807) is 22.3 Å². The molecule has 0 radical (unpaired) electrons. The first-order chi connectivity index (χ1) is 24.2. The van der Waals surface area contributed by atoms with E-state index in [4.69, 9.17) is 4.74 Å². The van der Waals surface area contributed by atoms with Crippen LogP contribution in [-0.2, 0) is 17.6 Å². The predicted molar refractivity (Wildman–Crippen MR) is 210 cm³/mol. The molecule has 49 heavy (non-hydrogen) atoms. The second-order valence-electron chi connectivity index (χ2n) is 16.8. The molecule has 4 aliphatic carbocycles. The Kier molecular flexibility index (Phi) is 14.6. The summed E-state index contributed by atoms with van der Waals surface area (Å²) >= 11 is 0. The highest BCUT2D eigenvalue weighted by atomic mass is 16.5. The number of benzene rings is 2. The molecular formula is C48H70O. The Labute approximate surface area is 301 Å². The van der Waals surface area contributed by atoms with Crippen LogP contribution in [0.15, 0.2) is 71.8 Å². The highest BCUT2D eigenvalue weighted by Gasteiger charge is 2.30. The number of hydrogen-bond donors (Lipinski definition) is 0. The van der Waals surface area contributed by atoms with Gasteiger partial charge in [-0.2, -0.15) is 0 Å². The number of ether oxygens (including phenoxy) is 1. The van der Waals surface area contributed by atoms with Crippen LogP contribution in [0.25, 0.3) is 0 Å². The number of rotatable bonds is 16. The lowest BCUT2D eigenvalue weighted by molar-refractivity contribution is 0.129. The normalized spacial score (nSPS) is 27.8. The quantitative estimate of drug-likeness (QED) is 0.128. The second kappa shape index (κ2) is 19.5. The van der Waals surface area contributed by atoms with Crippen LogP contribution < -0.4 is 0 Å². The molecule has 0 bridgehead atoms. The van der Waals surface area contributed by atoms with Crippen molar-refractivity contribution in [1.29, 1.82) is 0 Å². The van der Waals surface area contributed by atoms with Gasteiger partial charge in [0.15, 0.2) is 0 Å². The Morgan fingerprint density at radius 1 is 0.469 bits per heavy atom. The molecule has 0 heterocycles. The van der Waals surface area contributed by atoms with Crippen LogP contribution in [0.5, 0.6) is 0 Å². The van der Waals surface area contributed by atoms with E-state index in [0.29, 0.717) is 0 Å². The summed E-state index contributed by atoms with van der Waals surface area (Å²) < 4.78 is 6.12. The molecular weight excluding hydrogens is 593 g/mol. The molecule has 2 aromatic rings. The Balaban J connectivity index is 0.784. The van der Waals surface area contributed by atoms with E-state index in [1.165, 1.54) is 152 Å². The van der Waals surface area contributed by atoms with Crippen molar-refractivity contribution < 1.29 is 4.74 Å². The van der Waals surface area contributed by atoms with E-state index in [9.17, 15) is 0 Å². The molecule has 2 unspecified atom stereocenters. The maximum atomic E-state index is 6.12. The van der Waals surface area contributed by atoms with Gasteiger partial charge in [-0.3, -0.25) is 0 Å². The Hall–Kier alpha value is -2.12. The van der Waals surface area contributed by atoms with Crippen LogP contribution in [0.1, 0.15) is 176 Å². The molecule has 2 aromatic carbocycles. The standard InChI is InChI=1S/C48H70O/c1-3-7-37-11-19-41(20-12-37)45-27-31-47(32-28-45)43-23-15-39(16-24-43)9-5-35-49-36-6-10-40-17-25-44(26-18-40)48-33-29-46(30-34-48)42-21-13-38(8-4-2)14-22-42/h11-15,17,19-22,43-48H,3-10,16,18,23-36H2,1-2H3. The molecule has 1 nitrogen and oxygen atoms in total. The lowest BCUT2D eigenvalue weighted by Gasteiger charge is -2.35. The van der Waals surface area contributed by atoms with Gasteiger partial charge in [0.2, 0.25) is 0 Å². The van der Waals surface area contributed by atoms with E-state index < -0.39 is 0 Å². The van der Waals surface area contributed by atoms with Crippen LogP contribution in [0, 0.1) is 23.7 Å². The van der Waals surface area contributed by atoms with Crippen LogP contribution in [-0.4, -0.2) is 13.2 Å². The van der Waals surface area contributed by atoms with Gasteiger partial charge in [-0.15, -0.1) is 0 Å². The highest BCUT2D eigenvalue weighted by molar-refractivity contribution is 5.27. The van der Waals surface area contributed by atoms with Crippen LogP contribution in [0.3, 0.4) is 0 Å². The molecule has 6 rings (SSSR count). The third-order valence-electron chi connectivity index (χ3n) is 13.5. The number of aryl methyl sites for hydroxylation is 2. The molecule has 0 amide bonds. The van der Waals surface area contributed by atoms with E-state index in [1.807, 2.05) is 0 Å². The van der Waals surface area contributed by atoms with Gasteiger partial charge < -0.3 is 4.74 Å². The van der Waals surface area contributed by atoms with Crippen molar-refractivity contribution in [2.24, 2.45) is 23.7 Å². The fourth-order valence-corrected chi connectivity index (χ4v) is 10.4. The molecule has 0 aliphatic heterocycles. The Morgan fingerprint density at radius 2 is 0.878 bits per heavy atom. The van der Waals surface area contributed by atoms with E-state index in [0.717, 1.165) is 48.7 Å². The van der Waals surface area contributed by atoms with Crippen molar-refractivity contribution in [3.8, 4) is 0 Å². The van der Waals surface area contributed by atoms with Gasteiger partial charge >= 0.3 is 0 Å². The highest BCUT2D eigenvalue weighted by Crippen LogP contribution is 2.44. The largest absolute Gasteiger partial charge is 0.381 e. The summed E-state index contributed by atoms with van der Waals surface area (Å²) in [5, 5.41) is 0. The van der Waals surface area contributed by atoms with Crippen LogP contribution in [0.4, 0.5) is 0 Å². The van der Waals surface area contributed by atoms with Crippen LogP contribution >= 0.6 is 0 Å². The average Bonchev–Trinajstić information content (AvgIpc) is 3.16. The molecule has 2 fully saturated rings. The van der Waals surface area contributed by atoms with Crippen molar-refractivity contribution in [3.63, 3.8) is 0 Å². The third kappa shape index (κ3) is 10.9. The first kappa shape index (κ1) is 36.7. The maximum Gasteiger partial charge on any atom is 0.0469 e. The summed E-state index contributed by atoms with van der Waals surface area (Å²) in [6, 6.07) is 19.2. The molecule has 1 heteroatoms. The monoisotopic (exact) mass is 663 g/mol. The van der Waals surface area contributed by atoms with Crippen molar-refractivity contribution >= 4 is 0 Å². The average molecular weight is 663 g/mol. The van der Waals surface area contributed by atoms with Gasteiger partial charge in [-0.05, 0) is 186 Å². The van der Waals surface area contributed by atoms with Gasteiger partial charge in [0.1, 0.15) is 0 Å². The van der Waals surface area contributed by atoms with Crippen molar-refractivity contribution in [1.82, 2.24) is 0 Å². The van der Waals surface area contributed by atoms with Gasteiger partial charge in [0.25, 0.3) is 0 Å². The van der Waals surface area contributed by atoms with Crippen molar-refractivity contribution in [3.05, 3.63) is 94.1 Å². The zero-order valence-corrected chi connectivity index (χ0v) is 31.6. The van der Waals surface area contributed by atoms with Crippen LogP contribution in [0.2, 0.25) is 0 Å². The van der Waals surface area contributed by atoms with Gasteiger partial charge in [0.05, 0.1) is 0 Å². The minimum atomic E-state index is 0.799. The SMILES string of the molecule is CCCc1ccc(C2CCC(C3CC=C(CCCOCCCC4=CCC(C5CCC(c6ccc(CCC)cc6)CC5)CC4)CC3)CC2)cc1. The number of allylic oxidation sites excluding steroid dienone is 4. The predicted octanol–water partition coefficient (Wildman–Crippen LogP) is 13.9. The second-order valence-corrected chi connectivity index (χ2v) is 16.8. The molecule has 2 saturated carbocycles. The zero-order chi connectivity index (χ0) is 33.7. The lowest BCUT2D eigenvalue weighted by atomic mass is 9.70. The van der Waals surface area contributed by atoms with Gasteiger partial charge in [-0.25, -0.2) is 0 Å². The fourth-order valence-electron chi connectivity index (χ4n) is 10.4. The topological polar surface area (TPSA) is 9.23 Å². The Bertz CT molecular complexity index is 1180. The minimum Gasteiger partial charge on any atom is -0.381 e.